The molecule has 57 heavy (non-hydrogen) atoms. The van der Waals surface area contributed by atoms with E-state index in [4.69, 9.17) is 27.4 Å². The van der Waals surface area contributed by atoms with Gasteiger partial charge >= 0.3 is 25.5 Å². The van der Waals surface area contributed by atoms with Gasteiger partial charge in [-0.3, -0.25) is 33.0 Å². The van der Waals surface area contributed by atoms with Crippen molar-refractivity contribution < 1.29 is 56.6 Å². The van der Waals surface area contributed by atoms with Crippen LogP contribution in [0.2, 0.25) is 0 Å². The van der Waals surface area contributed by atoms with Gasteiger partial charge in [-0.25, -0.2) is 9.36 Å². The summed E-state index contributed by atoms with van der Waals surface area (Å²) in [6.45, 7) is 0.673. The molecule has 0 saturated carbocycles. The van der Waals surface area contributed by atoms with E-state index in [-0.39, 0.29) is 12.8 Å². The van der Waals surface area contributed by atoms with E-state index in [1.165, 1.54) is 77.0 Å². The summed E-state index contributed by atoms with van der Waals surface area (Å²) in [7, 11) is -5.41. The second-order valence-electron chi connectivity index (χ2n) is 15.4. The van der Waals surface area contributed by atoms with Crippen LogP contribution in [0.1, 0.15) is 185 Å². The van der Waals surface area contributed by atoms with E-state index in [0.717, 1.165) is 64.5 Å². The van der Waals surface area contributed by atoms with Gasteiger partial charge in [-0.1, -0.05) is 142 Å². The van der Waals surface area contributed by atoms with Crippen molar-refractivity contribution in [2.24, 2.45) is 0 Å². The fourth-order valence-electron chi connectivity index (χ4n) is 6.61. The number of aliphatic hydroxyl groups excluding tert-OH is 1. The molecule has 6 atom stereocenters. The van der Waals surface area contributed by atoms with Crippen molar-refractivity contribution in [3.05, 3.63) is 33.1 Å². The molecule has 2 rings (SSSR count). The number of aliphatic hydroxyl groups is 2. The first-order chi connectivity index (χ1) is 28.4. The minimum absolute atomic E-state index is 0.0497. The third-order valence-electron chi connectivity index (χ3n) is 10.1. The predicted octanol–water partition coefficient (Wildman–Crippen LogP) is 7.54. The molecular formula is C41H73N2O13P. The maximum absolute atomic E-state index is 13.1. The molecule has 1 saturated heterocycles. The number of phosphoric ester groups is 1. The van der Waals surface area contributed by atoms with Crippen LogP contribution in [-0.2, 0) is 37.4 Å². The number of H-pyrrole nitrogens is 1. The maximum Gasteiger partial charge on any atom is 0.472 e. The van der Waals surface area contributed by atoms with Gasteiger partial charge in [0.1, 0.15) is 24.4 Å². The minimum atomic E-state index is -5.41. The fraction of sp³-hybridized carbons (Fsp3) is 0.854. The Balaban J connectivity index is 1.95. The molecule has 0 bridgehead atoms. The normalized spacial score (nSPS) is 22.0. The molecular weight excluding hydrogens is 759 g/mol. The molecule has 15 nitrogen and oxygen atoms in total. The minimum Gasteiger partial charge on any atom is -0.462 e. The first-order valence-electron chi connectivity index (χ1n) is 22.9. The lowest BCUT2D eigenvalue weighted by Gasteiger charge is -2.27. The van der Waals surface area contributed by atoms with E-state index < -0.39 is 87.0 Å². The van der Waals surface area contributed by atoms with Crippen molar-refractivity contribution in [2.75, 3.05) is 19.8 Å². The summed E-state index contributed by atoms with van der Waals surface area (Å²) in [4.78, 5) is 61.9. The summed E-state index contributed by atoms with van der Waals surface area (Å²) < 4.78 is 64.1. The topological polar surface area (TPSA) is 213 Å². The Hall–Kier alpha value is -2.39. The van der Waals surface area contributed by atoms with Gasteiger partial charge in [-0.2, -0.15) is 0 Å². The highest BCUT2D eigenvalue weighted by molar-refractivity contribution is 7.47. The van der Waals surface area contributed by atoms with Gasteiger partial charge in [0.25, 0.3) is 5.56 Å². The van der Waals surface area contributed by atoms with E-state index in [2.05, 4.69) is 13.8 Å². The van der Waals surface area contributed by atoms with Crippen LogP contribution in [0.5, 0.6) is 0 Å². The Morgan fingerprint density at radius 1 is 0.842 bits per heavy atom. The quantitative estimate of drug-likeness (QED) is 0.0301. The Morgan fingerprint density at radius 3 is 1.82 bits per heavy atom. The number of nitrogens with one attached hydrogen (secondary N) is 1. The summed E-state index contributed by atoms with van der Waals surface area (Å²) in [5.74, 6) is -1.20. The van der Waals surface area contributed by atoms with Gasteiger partial charge in [0.2, 0.25) is 0 Å². The number of nitrogens with zero attached hydrogens (tertiary/aromatic N) is 1. The highest BCUT2D eigenvalue weighted by Gasteiger charge is 2.54. The van der Waals surface area contributed by atoms with Crippen LogP contribution in [0.3, 0.4) is 0 Å². The number of ether oxygens (including phenoxy) is 3. The smallest absolute Gasteiger partial charge is 0.462 e. The molecule has 1 aliphatic heterocycles. The molecule has 0 spiro atoms. The molecule has 0 aliphatic carbocycles. The summed E-state index contributed by atoms with van der Waals surface area (Å²) in [5, 5.41) is 21.8. The largest absolute Gasteiger partial charge is 0.472 e. The second kappa shape index (κ2) is 28.9. The standard InChI is InChI=1S/C41H73N2O13P/c1-4-6-8-10-12-14-16-18-20-22-24-26-36(45)52-30-33(55-37(46)27-25-23-21-19-17-15-13-11-9-7-5-2)31-53-57(50,51)54-32-34-38(47)41(3,49)39(56-34)43-29-28-35(44)42-40(43)48/h28-29,33-34,38-39,47,49H,4-27,30-32H2,1-3H3,(H,50,51)(H,42,44,48)/t33?,34-,38-,39-,41-/m1/s1/i28D,32D2. The van der Waals surface area contributed by atoms with Crippen LogP contribution in [0.25, 0.3) is 0 Å². The van der Waals surface area contributed by atoms with Gasteiger partial charge in [-0.15, -0.1) is 0 Å². The van der Waals surface area contributed by atoms with Crippen molar-refractivity contribution in [1.82, 2.24) is 9.55 Å². The van der Waals surface area contributed by atoms with E-state index in [9.17, 15) is 38.8 Å². The first kappa shape index (κ1) is 45.7. The highest BCUT2D eigenvalue weighted by atomic mass is 31.2. The lowest BCUT2D eigenvalue weighted by Crippen LogP contribution is -2.46. The third kappa shape index (κ3) is 21.4. The Labute approximate surface area is 343 Å². The molecule has 0 radical (unpaired) electrons. The number of rotatable bonds is 34. The molecule has 0 amide bonds. The van der Waals surface area contributed by atoms with Crippen molar-refractivity contribution in [3.63, 3.8) is 0 Å². The maximum atomic E-state index is 13.1. The molecule has 16 heteroatoms. The molecule has 2 heterocycles. The van der Waals surface area contributed by atoms with Gasteiger partial charge in [0, 0.05) is 25.1 Å². The SMILES string of the molecule is [2H]c1cn([C@@H]2O[C@H](C([2H])([2H])OP(=O)(O)OCC(COC(=O)CCCCCCCCCCCCC)OC(=O)CCCCCCCCCCCCC)[C@@H](O)[C@@]2(C)O)c(=O)[nH]c1=O. The molecule has 0 aromatic carbocycles. The fourth-order valence-corrected chi connectivity index (χ4v) is 7.25. The number of carbonyl (C=O) groups excluding carboxylic acids is 2. The van der Waals surface area contributed by atoms with Crippen LogP contribution in [0.4, 0.5) is 0 Å². The van der Waals surface area contributed by atoms with Gasteiger partial charge in [0.15, 0.2) is 12.3 Å². The molecule has 2 unspecified atom stereocenters. The Kier molecular flexibility index (Phi) is 23.2. The summed E-state index contributed by atoms with van der Waals surface area (Å²) in [6.07, 6.45) is 17.4. The summed E-state index contributed by atoms with van der Waals surface area (Å²) in [6, 6.07) is -0.701. The zero-order valence-corrected chi connectivity index (χ0v) is 35.5. The number of unbranched alkanes of at least 4 members (excludes halogenated alkanes) is 20. The number of esters is 2. The van der Waals surface area contributed by atoms with Crippen LogP contribution in [0.15, 0.2) is 21.8 Å². The number of hydrogen-bond donors (Lipinski definition) is 4. The Bertz CT molecular complexity index is 1560. The molecule has 330 valence electrons. The van der Waals surface area contributed by atoms with Gasteiger partial charge < -0.3 is 29.3 Å². The van der Waals surface area contributed by atoms with Crippen molar-refractivity contribution >= 4 is 19.8 Å². The molecule has 1 fully saturated rings. The van der Waals surface area contributed by atoms with E-state index in [1.54, 1.807) is 0 Å². The van der Waals surface area contributed by atoms with E-state index in [1.807, 2.05) is 4.98 Å². The lowest BCUT2D eigenvalue weighted by molar-refractivity contribution is -0.161. The number of aromatic nitrogens is 2. The van der Waals surface area contributed by atoms with Gasteiger partial charge in [-0.05, 0) is 19.8 Å². The highest BCUT2D eigenvalue weighted by Crippen LogP contribution is 2.45. The van der Waals surface area contributed by atoms with Crippen LogP contribution >= 0.6 is 7.82 Å². The average molecular weight is 836 g/mol. The van der Waals surface area contributed by atoms with Crippen molar-refractivity contribution in [2.45, 2.75) is 205 Å². The number of phosphoric acid groups is 1. The second-order valence-corrected chi connectivity index (χ2v) is 16.7. The van der Waals surface area contributed by atoms with Gasteiger partial charge in [0.05, 0.1) is 17.3 Å². The summed E-state index contributed by atoms with van der Waals surface area (Å²) >= 11 is 0. The number of carbonyl (C=O) groups is 2. The monoisotopic (exact) mass is 836 g/mol. The van der Waals surface area contributed by atoms with Crippen molar-refractivity contribution in [3.8, 4) is 0 Å². The van der Waals surface area contributed by atoms with Crippen LogP contribution in [-0.4, -0.2) is 80.3 Å². The molecule has 1 aromatic heterocycles. The van der Waals surface area contributed by atoms with Crippen LogP contribution < -0.4 is 11.2 Å². The zero-order valence-electron chi connectivity index (χ0n) is 37.6. The number of hydrogen-bond acceptors (Lipinski definition) is 12. The molecule has 1 aromatic rings. The molecule has 1 aliphatic rings. The summed E-state index contributed by atoms with van der Waals surface area (Å²) in [5.41, 5.74) is -4.61. The van der Waals surface area contributed by atoms with Crippen molar-refractivity contribution in [1.29, 1.82) is 0 Å². The predicted molar refractivity (Wildman–Crippen MR) is 217 cm³/mol. The third-order valence-corrected chi connectivity index (χ3v) is 10.9. The van der Waals surface area contributed by atoms with E-state index in [0.29, 0.717) is 17.4 Å². The van der Waals surface area contributed by atoms with E-state index >= 15 is 0 Å². The lowest BCUT2D eigenvalue weighted by atomic mass is 9.96. The Morgan fingerprint density at radius 2 is 1.32 bits per heavy atom. The first-order valence-corrected chi connectivity index (χ1v) is 22.9. The zero-order chi connectivity index (χ0) is 44.6. The average Bonchev–Trinajstić information content (AvgIpc) is 3.42. The van der Waals surface area contributed by atoms with Crippen LogP contribution in [0, 0.1) is 0 Å². The molecule has 4 N–H and O–H groups in total. The number of aromatic amines is 1.